The number of benzene rings is 1. The molecule has 3 aromatic rings. The fourth-order valence-corrected chi connectivity index (χ4v) is 2.58. The van der Waals surface area contributed by atoms with Gasteiger partial charge in [-0.2, -0.15) is 18.2 Å². The van der Waals surface area contributed by atoms with E-state index in [0.717, 1.165) is 12.1 Å². The summed E-state index contributed by atoms with van der Waals surface area (Å²) < 4.78 is 43.5. The lowest BCUT2D eigenvalue weighted by molar-refractivity contribution is -0.137. The largest absolute Gasteiger partial charge is 0.416 e. The number of halogens is 3. The molecule has 136 valence electrons. The summed E-state index contributed by atoms with van der Waals surface area (Å²) in [5.41, 5.74) is 7.42. The van der Waals surface area contributed by atoms with E-state index in [9.17, 15) is 13.2 Å². The molecule has 0 aliphatic heterocycles. The van der Waals surface area contributed by atoms with Gasteiger partial charge in [0, 0.05) is 12.6 Å². The fourth-order valence-electron chi connectivity index (χ4n) is 2.58. The molecule has 2 heterocycles. The summed E-state index contributed by atoms with van der Waals surface area (Å²) in [6, 6.07) is 6.73. The van der Waals surface area contributed by atoms with E-state index in [1.165, 1.54) is 6.07 Å². The van der Waals surface area contributed by atoms with Crippen molar-refractivity contribution in [3.8, 4) is 11.3 Å². The van der Waals surface area contributed by atoms with E-state index < -0.39 is 11.7 Å². The van der Waals surface area contributed by atoms with Gasteiger partial charge in [-0.3, -0.25) is 0 Å². The monoisotopic (exact) mass is 363 g/mol. The normalized spacial score (nSPS) is 11.6. The lowest BCUT2D eigenvalue weighted by Gasteiger charge is -2.11. The van der Waals surface area contributed by atoms with Crippen molar-refractivity contribution in [2.45, 2.75) is 26.6 Å². The molecule has 2 aromatic heterocycles. The lowest BCUT2D eigenvalue weighted by atomic mass is 10.1. The number of nitrogen functional groups attached to an aromatic ring is 1. The average Bonchev–Trinajstić information content (AvgIpc) is 2.91. The maximum Gasteiger partial charge on any atom is 0.416 e. The van der Waals surface area contributed by atoms with Crippen LogP contribution in [0, 0.1) is 13.8 Å². The second kappa shape index (κ2) is 6.66. The molecule has 0 aliphatic rings. The van der Waals surface area contributed by atoms with Crippen LogP contribution in [0.25, 0.3) is 11.3 Å². The number of aryl methyl sites for hydroxylation is 2. The van der Waals surface area contributed by atoms with Gasteiger partial charge >= 0.3 is 6.18 Å². The molecule has 1 aromatic carbocycles. The van der Waals surface area contributed by atoms with Crippen LogP contribution in [0.2, 0.25) is 0 Å². The number of hydrogen-bond acceptors (Lipinski definition) is 6. The third-order valence-corrected chi connectivity index (χ3v) is 3.76. The Morgan fingerprint density at radius 3 is 2.58 bits per heavy atom. The topological polar surface area (TPSA) is 89.9 Å². The van der Waals surface area contributed by atoms with Gasteiger partial charge in [0.25, 0.3) is 0 Å². The van der Waals surface area contributed by atoms with E-state index in [0.29, 0.717) is 34.1 Å². The van der Waals surface area contributed by atoms with Crippen molar-refractivity contribution in [3.05, 3.63) is 52.9 Å². The molecule has 6 nitrogen and oxygen atoms in total. The minimum absolute atomic E-state index is 0.0362. The highest BCUT2D eigenvalue weighted by atomic mass is 19.4. The molecule has 26 heavy (non-hydrogen) atoms. The zero-order valence-electron chi connectivity index (χ0n) is 14.1. The molecule has 0 saturated carbocycles. The molecule has 9 heteroatoms. The molecule has 0 saturated heterocycles. The molecule has 0 spiro atoms. The highest BCUT2D eigenvalue weighted by Gasteiger charge is 2.30. The number of nitrogens with zero attached hydrogens (tertiary/aromatic N) is 3. The molecular formula is C17H16F3N5O. The Bertz CT molecular complexity index is 917. The minimum atomic E-state index is -4.38. The van der Waals surface area contributed by atoms with Crippen molar-refractivity contribution in [3.63, 3.8) is 0 Å². The fraction of sp³-hybridized carbons (Fsp3) is 0.235. The van der Waals surface area contributed by atoms with Crippen molar-refractivity contribution in [1.29, 1.82) is 0 Å². The van der Waals surface area contributed by atoms with Gasteiger partial charge in [-0.05, 0) is 31.5 Å². The van der Waals surface area contributed by atoms with Gasteiger partial charge in [0.05, 0.1) is 22.5 Å². The summed E-state index contributed by atoms with van der Waals surface area (Å²) in [4.78, 5) is 8.25. The first-order valence-corrected chi connectivity index (χ1v) is 7.72. The van der Waals surface area contributed by atoms with E-state index in [2.05, 4.69) is 20.4 Å². The summed E-state index contributed by atoms with van der Waals surface area (Å²) in [6.07, 6.45) is -4.38. The first-order chi connectivity index (χ1) is 12.2. The summed E-state index contributed by atoms with van der Waals surface area (Å²) in [5.74, 6) is 1.02. The van der Waals surface area contributed by atoms with E-state index in [-0.39, 0.29) is 12.5 Å². The van der Waals surface area contributed by atoms with Gasteiger partial charge in [0.2, 0.25) is 5.95 Å². The number of nitrogens with two attached hydrogens (primary N) is 1. The van der Waals surface area contributed by atoms with Crippen molar-refractivity contribution in [1.82, 2.24) is 15.1 Å². The van der Waals surface area contributed by atoms with E-state index >= 15 is 0 Å². The van der Waals surface area contributed by atoms with Gasteiger partial charge in [-0.1, -0.05) is 17.3 Å². The number of anilines is 2. The number of hydrogen-bond donors (Lipinski definition) is 2. The van der Waals surface area contributed by atoms with Crippen LogP contribution in [0.5, 0.6) is 0 Å². The molecule has 3 rings (SSSR count). The van der Waals surface area contributed by atoms with Crippen LogP contribution in [0.15, 0.2) is 34.9 Å². The van der Waals surface area contributed by atoms with E-state index in [1.807, 2.05) is 0 Å². The molecule has 3 N–H and O–H groups in total. The van der Waals surface area contributed by atoms with Crippen LogP contribution < -0.4 is 11.1 Å². The maximum absolute atomic E-state index is 12.8. The van der Waals surface area contributed by atoms with Gasteiger partial charge in [0.15, 0.2) is 0 Å². The van der Waals surface area contributed by atoms with Crippen LogP contribution in [-0.2, 0) is 12.7 Å². The van der Waals surface area contributed by atoms with E-state index in [4.69, 9.17) is 10.3 Å². The van der Waals surface area contributed by atoms with Crippen LogP contribution in [0.3, 0.4) is 0 Å². The van der Waals surface area contributed by atoms with E-state index in [1.54, 1.807) is 26.0 Å². The zero-order valence-corrected chi connectivity index (χ0v) is 14.1. The maximum atomic E-state index is 12.8. The average molecular weight is 363 g/mol. The van der Waals surface area contributed by atoms with Gasteiger partial charge in [-0.25, -0.2) is 4.98 Å². The highest BCUT2D eigenvalue weighted by molar-refractivity contribution is 5.67. The predicted molar refractivity (Wildman–Crippen MR) is 90.2 cm³/mol. The zero-order chi connectivity index (χ0) is 18.9. The lowest BCUT2D eigenvalue weighted by Crippen LogP contribution is -2.08. The SMILES string of the molecule is Cc1noc(C)c1-c1cc(NCc2cccc(C(F)(F)F)c2)nc(N)n1. The number of alkyl halides is 3. The highest BCUT2D eigenvalue weighted by Crippen LogP contribution is 2.30. The Morgan fingerprint density at radius 1 is 1.15 bits per heavy atom. The molecule has 0 fully saturated rings. The summed E-state index contributed by atoms with van der Waals surface area (Å²) in [6.45, 7) is 3.69. The molecule has 0 unspecified atom stereocenters. The second-order valence-electron chi connectivity index (χ2n) is 5.75. The summed E-state index contributed by atoms with van der Waals surface area (Å²) in [7, 11) is 0. The number of aromatic nitrogens is 3. The molecule has 0 amide bonds. The first kappa shape index (κ1) is 17.7. The quantitative estimate of drug-likeness (QED) is 0.729. The third-order valence-electron chi connectivity index (χ3n) is 3.76. The number of nitrogens with one attached hydrogen (secondary N) is 1. The Balaban J connectivity index is 1.83. The van der Waals surface area contributed by atoms with Gasteiger partial charge < -0.3 is 15.6 Å². The predicted octanol–water partition coefficient (Wildman–Crippen LogP) is 3.96. The van der Waals surface area contributed by atoms with Crippen molar-refractivity contribution < 1.29 is 17.7 Å². The van der Waals surface area contributed by atoms with Crippen LogP contribution in [0.1, 0.15) is 22.6 Å². The molecule has 0 bridgehead atoms. The molecule has 0 aliphatic carbocycles. The van der Waals surface area contributed by atoms with Crippen molar-refractivity contribution >= 4 is 11.8 Å². The van der Waals surface area contributed by atoms with Crippen LogP contribution in [0.4, 0.5) is 24.9 Å². The second-order valence-corrected chi connectivity index (χ2v) is 5.75. The number of rotatable bonds is 4. The Labute approximate surface area is 147 Å². The van der Waals surface area contributed by atoms with Gasteiger partial charge in [0.1, 0.15) is 11.6 Å². The van der Waals surface area contributed by atoms with Crippen molar-refractivity contribution in [2.75, 3.05) is 11.1 Å². The van der Waals surface area contributed by atoms with Gasteiger partial charge in [-0.15, -0.1) is 0 Å². The minimum Gasteiger partial charge on any atom is -0.368 e. The Morgan fingerprint density at radius 2 is 1.92 bits per heavy atom. The summed E-state index contributed by atoms with van der Waals surface area (Å²) in [5, 5.41) is 6.85. The third kappa shape index (κ3) is 3.76. The van der Waals surface area contributed by atoms with Crippen LogP contribution in [-0.4, -0.2) is 15.1 Å². The molecule has 0 radical (unpaired) electrons. The van der Waals surface area contributed by atoms with Crippen molar-refractivity contribution in [2.24, 2.45) is 0 Å². The molecule has 0 atom stereocenters. The molecular weight excluding hydrogens is 347 g/mol. The smallest absolute Gasteiger partial charge is 0.368 e. The standard InChI is InChI=1S/C17H16F3N5O/c1-9-15(10(2)26-25-9)13-7-14(24-16(21)23-13)22-8-11-4-3-5-12(6-11)17(18,19)20/h3-7H,8H2,1-2H3,(H3,21,22,23,24). The summed E-state index contributed by atoms with van der Waals surface area (Å²) >= 11 is 0. The Kier molecular flexibility index (Phi) is 4.54. The Hall–Kier alpha value is -3.10. The van der Waals surface area contributed by atoms with Crippen LogP contribution >= 0.6 is 0 Å². The first-order valence-electron chi connectivity index (χ1n) is 7.72.